The fourth-order valence-corrected chi connectivity index (χ4v) is 2.95. The molecule has 0 atom stereocenters. The molecule has 0 bridgehead atoms. The largest absolute Gasteiger partial charge is 0.441 e. The van der Waals surface area contributed by atoms with E-state index in [1.54, 1.807) is 18.2 Å². The number of hydrogen-bond acceptors (Lipinski definition) is 5. The zero-order valence-corrected chi connectivity index (χ0v) is 16.4. The van der Waals surface area contributed by atoms with Gasteiger partial charge in [-0.2, -0.15) is 0 Å². The van der Waals surface area contributed by atoms with E-state index < -0.39 is 11.6 Å². The molecule has 1 N–H and O–H groups in total. The van der Waals surface area contributed by atoms with Crippen LogP contribution in [0.1, 0.15) is 38.0 Å². The van der Waals surface area contributed by atoms with Crippen LogP contribution in [-0.4, -0.2) is 15.9 Å². The van der Waals surface area contributed by atoms with Gasteiger partial charge in [-0.3, -0.25) is 4.79 Å². The van der Waals surface area contributed by atoms with Crippen molar-refractivity contribution in [2.24, 2.45) is 0 Å². The lowest BCUT2D eigenvalue weighted by molar-refractivity contribution is -0.116. The van der Waals surface area contributed by atoms with Crippen molar-refractivity contribution in [1.29, 1.82) is 0 Å². The van der Waals surface area contributed by atoms with Crippen LogP contribution in [0.5, 0.6) is 0 Å². The summed E-state index contributed by atoms with van der Waals surface area (Å²) in [6, 6.07) is 8.47. The Kier molecular flexibility index (Phi) is 5.31. The fraction of sp³-hybridized carbons (Fsp3) is 0.227. The fourth-order valence-electron chi connectivity index (χ4n) is 2.95. The number of carbonyl (C=O) groups is 1. The molecular weight excluding hydrogens is 392 g/mol. The minimum Gasteiger partial charge on any atom is -0.441 e. The summed E-state index contributed by atoms with van der Waals surface area (Å²) < 4.78 is 38.0. The summed E-state index contributed by atoms with van der Waals surface area (Å²) in [5, 5.41) is 2.80. The molecule has 0 saturated carbocycles. The van der Waals surface area contributed by atoms with Crippen LogP contribution in [-0.2, 0) is 11.2 Å². The van der Waals surface area contributed by atoms with Crippen LogP contribution in [0.15, 0.2) is 51.4 Å². The number of aromatic nitrogens is 2. The quantitative estimate of drug-likeness (QED) is 0.456. The van der Waals surface area contributed by atoms with Crippen LogP contribution in [0.25, 0.3) is 22.4 Å². The zero-order chi connectivity index (χ0) is 21.3. The normalized spacial score (nSPS) is 11.4. The number of benzene rings is 2. The third-order valence-electron chi connectivity index (χ3n) is 4.50. The highest BCUT2D eigenvalue weighted by atomic mass is 19.1. The maximum absolute atomic E-state index is 13.9. The summed E-state index contributed by atoms with van der Waals surface area (Å²) in [5.41, 5.74) is 2.06. The smallest absolute Gasteiger partial charge is 0.224 e. The number of anilines is 1. The molecule has 4 rings (SSSR count). The van der Waals surface area contributed by atoms with E-state index in [1.807, 2.05) is 13.8 Å². The van der Waals surface area contributed by atoms with E-state index in [-0.39, 0.29) is 41.9 Å². The molecule has 4 aromatic rings. The second-order valence-electron chi connectivity index (χ2n) is 7.18. The highest BCUT2D eigenvalue weighted by Gasteiger charge is 2.14. The molecule has 0 radical (unpaired) electrons. The van der Waals surface area contributed by atoms with E-state index in [0.29, 0.717) is 22.7 Å². The van der Waals surface area contributed by atoms with Crippen molar-refractivity contribution in [3.05, 3.63) is 66.0 Å². The Morgan fingerprint density at radius 2 is 1.97 bits per heavy atom. The Labute approximate surface area is 170 Å². The van der Waals surface area contributed by atoms with Crippen molar-refractivity contribution >= 4 is 22.7 Å². The summed E-state index contributed by atoms with van der Waals surface area (Å²) in [4.78, 5) is 20.8. The SMILES string of the molecule is CC(C)c1nc2cc(NC(=O)CCc3ncc(-c4ccc(F)cc4F)o3)ccc2o1. The summed E-state index contributed by atoms with van der Waals surface area (Å²) in [6.45, 7) is 3.98. The van der Waals surface area contributed by atoms with E-state index in [2.05, 4.69) is 15.3 Å². The molecule has 0 unspecified atom stereocenters. The molecule has 0 aliphatic carbocycles. The molecule has 0 fully saturated rings. The van der Waals surface area contributed by atoms with Gasteiger partial charge in [-0.1, -0.05) is 13.8 Å². The summed E-state index contributed by atoms with van der Waals surface area (Å²) in [5.74, 6) is -0.348. The van der Waals surface area contributed by atoms with Gasteiger partial charge in [-0.15, -0.1) is 0 Å². The highest BCUT2D eigenvalue weighted by Crippen LogP contribution is 2.25. The van der Waals surface area contributed by atoms with Gasteiger partial charge in [0.25, 0.3) is 0 Å². The van der Waals surface area contributed by atoms with E-state index >= 15 is 0 Å². The standard InChI is InChI=1S/C22H19F2N3O3/c1-12(2)22-27-17-10-14(4-6-18(17)30-22)26-20(28)7-8-21-25-11-19(29-21)15-5-3-13(23)9-16(15)24/h3-6,9-12H,7-8H2,1-2H3,(H,26,28). The molecular formula is C22H19F2N3O3. The monoisotopic (exact) mass is 411 g/mol. The first kappa shape index (κ1) is 19.8. The second kappa shape index (κ2) is 8.06. The van der Waals surface area contributed by atoms with Crippen LogP contribution in [0.2, 0.25) is 0 Å². The van der Waals surface area contributed by atoms with Crippen LogP contribution in [0.4, 0.5) is 14.5 Å². The zero-order valence-electron chi connectivity index (χ0n) is 16.4. The lowest BCUT2D eigenvalue weighted by atomic mass is 10.2. The number of aryl methyl sites for hydroxylation is 1. The van der Waals surface area contributed by atoms with Gasteiger partial charge >= 0.3 is 0 Å². The number of halogens is 2. The van der Waals surface area contributed by atoms with Crippen molar-refractivity contribution in [3.8, 4) is 11.3 Å². The van der Waals surface area contributed by atoms with E-state index in [9.17, 15) is 13.6 Å². The average molecular weight is 411 g/mol. The average Bonchev–Trinajstić information content (AvgIpc) is 3.33. The van der Waals surface area contributed by atoms with Crippen LogP contribution in [0, 0.1) is 11.6 Å². The van der Waals surface area contributed by atoms with Gasteiger partial charge in [0, 0.05) is 30.5 Å². The molecule has 2 heterocycles. The van der Waals surface area contributed by atoms with E-state index in [0.717, 1.165) is 12.1 Å². The molecule has 6 nitrogen and oxygen atoms in total. The lowest BCUT2D eigenvalue weighted by Crippen LogP contribution is -2.12. The number of nitrogens with zero attached hydrogens (tertiary/aromatic N) is 2. The molecule has 154 valence electrons. The number of nitrogens with one attached hydrogen (secondary N) is 1. The number of oxazole rings is 2. The van der Waals surface area contributed by atoms with Gasteiger partial charge in [0.2, 0.25) is 5.91 Å². The van der Waals surface area contributed by atoms with Gasteiger partial charge < -0.3 is 14.2 Å². The van der Waals surface area contributed by atoms with Crippen molar-refractivity contribution < 1.29 is 22.4 Å². The summed E-state index contributed by atoms with van der Waals surface area (Å²) in [6.07, 6.45) is 1.71. The van der Waals surface area contributed by atoms with Gasteiger partial charge in [-0.05, 0) is 30.3 Å². The first-order chi connectivity index (χ1) is 14.4. The van der Waals surface area contributed by atoms with Crippen molar-refractivity contribution in [1.82, 2.24) is 9.97 Å². The minimum atomic E-state index is -0.737. The molecule has 0 aliphatic heterocycles. The van der Waals surface area contributed by atoms with Crippen LogP contribution < -0.4 is 5.32 Å². The van der Waals surface area contributed by atoms with E-state index in [1.165, 1.54) is 12.3 Å². The van der Waals surface area contributed by atoms with Crippen molar-refractivity contribution in [3.63, 3.8) is 0 Å². The maximum atomic E-state index is 13.9. The number of hydrogen-bond donors (Lipinski definition) is 1. The molecule has 30 heavy (non-hydrogen) atoms. The van der Waals surface area contributed by atoms with Crippen molar-refractivity contribution in [2.45, 2.75) is 32.6 Å². The van der Waals surface area contributed by atoms with Gasteiger partial charge in [-0.25, -0.2) is 18.7 Å². The predicted molar refractivity (Wildman–Crippen MR) is 107 cm³/mol. The molecule has 0 aliphatic rings. The third kappa shape index (κ3) is 4.22. The van der Waals surface area contributed by atoms with Gasteiger partial charge in [0.15, 0.2) is 23.1 Å². The molecule has 0 spiro atoms. The number of rotatable bonds is 6. The Bertz CT molecular complexity index is 1210. The number of carbonyl (C=O) groups excluding carboxylic acids is 1. The topological polar surface area (TPSA) is 81.2 Å². The van der Waals surface area contributed by atoms with Crippen LogP contribution >= 0.6 is 0 Å². The maximum Gasteiger partial charge on any atom is 0.224 e. The Balaban J connectivity index is 1.38. The Hall–Kier alpha value is -3.55. The third-order valence-corrected chi connectivity index (χ3v) is 4.50. The van der Waals surface area contributed by atoms with Gasteiger partial charge in [0.05, 0.1) is 11.8 Å². The molecule has 0 saturated heterocycles. The summed E-state index contributed by atoms with van der Waals surface area (Å²) >= 11 is 0. The second-order valence-corrected chi connectivity index (χ2v) is 7.18. The number of fused-ring (bicyclic) bond motifs is 1. The van der Waals surface area contributed by atoms with Crippen molar-refractivity contribution in [2.75, 3.05) is 5.32 Å². The predicted octanol–water partition coefficient (Wildman–Crippen LogP) is 5.46. The highest BCUT2D eigenvalue weighted by molar-refractivity contribution is 5.92. The Morgan fingerprint density at radius 3 is 2.73 bits per heavy atom. The summed E-state index contributed by atoms with van der Waals surface area (Å²) in [7, 11) is 0. The Morgan fingerprint density at radius 1 is 1.13 bits per heavy atom. The molecule has 2 aromatic carbocycles. The molecule has 8 heteroatoms. The first-order valence-electron chi connectivity index (χ1n) is 9.49. The van der Waals surface area contributed by atoms with Gasteiger partial charge in [0.1, 0.15) is 17.2 Å². The lowest BCUT2D eigenvalue weighted by Gasteiger charge is -2.04. The molecule has 2 aromatic heterocycles. The number of amides is 1. The van der Waals surface area contributed by atoms with E-state index in [4.69, 9.17) is 8.83 Å². The van der Waals surface area contributed by atoms with Crippen LogP contribution in [0.3, 0.4) is 0 Å². The molecule has 1 amide bonds. The minimum absolute atomic E-state index is 0.112. The first-order valence-corrected chi connectivity index (χ1v) is 9.49.